The van der Waals surface area contributed by atoms with E-state index < -0.39 is 0 Å². The van der Waals surface area contributed by atoms with E-state index in [2.05, 4.69) is 19.2 Å². The molecular formula is C3H8SSn. The summed E-state index contributed by atoms with van der Waals surface area (Å²) >= 11 is 3.80. The van der Waals surface area contributed by atoms with E-state index in [0.29, 0.717) is 0 Å². The van der Waals surface area contributed by atoms with E-state index in [-0.39, 0.29) is 23.9 Å². The molecule has 0 rings (SSSR count). The maximum absolute atomic E-state index is 3.80. The van der Waals surface area contributed by atoms with Crippen molar-refractivity contribution in [3.05, 3.63) is 12.7 Å². The van der Waals surface area contributed by atoms with Crippen LogP contribution in [0.25, 0.3) is 0 Å². The molecule has 0 heterocycles. The first-order valence-corrected chi connectivity index (χ1v) is 1.77. The van der Waals surface area contributed by atoms with E-state index in [1.807, 2.05) is 0 Å². The molecule has 0 aromatic heterocycles. The predicted octanol–water partition coefficient (Wildman–Crippen LogP) is 0.186. The van der Waals surface area contributed by atoms with Crippen LogP contribution >= 0.6 is 12.6 Å². The Morgan fingerprint density at radius 1 is 1.80 bits per heavy atom. The Hall–Kier alpha value is 0.889. The Balaban J connectivity index is 0. The molecule has 0 aliphatic carbocycles. The van der Waals surface area contributed by atoms with E-state index in [1.54, 1.807) is 6.08 Å². The molecule has 2 heteroatoms. The summed E-state index contributed by atoms with van der Waals surface area (Å²) in [5.41, 5.74) is 0. The number of hydrogen-bond acceptors (Lipinski definition) is 1. The number of hydrogen-bond donors (Lipinski definition) is 1. The molecule has 0 aliphatic rings. The van der Waals surface area contributed by atoms with Crippen molar-refractivity contribution in [3.8, 4) is 0 Å². The molecule has 0 fully saturated rings. The Morgan fingerprint density at radius 2 is 2.00 bits per heavy atom. The van der Waals surface area contributed by atoms with E-state index in [4.69, 9.17) is 0 Å². The second kappa shape index (κ2) is 8.86. The van der Waals surface area contributed by atoms with Gasteiger partial charge in [-0.05, 0) is 0 Å². The number of thiol groups is 1. The van der Waals surface area contributed by atoms with Gasteiger partial charge in [0.05, 0.1) is 0 Å². The van der Waals surface area contributed by atoms with Crippen LogP contribution in [0.3, 0.4) is 0 Å². The van der Waals surface area contributed by atoms with Crippen LogP contribution in [0.5, 0.6) is 0 Å². The van der Waals surface area contributed by atoms with Crippen LogP contribution < -0.4 is 0 Å². The van der Waals surface area contributed by atoms with Crippen molar-refractivity contribution < 1.29 is 0 Å². The van der Waals surface area contributed by atoms with Gasteiger partial charge < -0.3 is 0 Å². The minimum absolute atomic E-state index is 0. The topological polar surface area (TPSA) is 0 Å². The molecule has 0 saturated carbocycles. The summed E-state index contributed by atoms with van der Waals surface area (Å²) in [4.78, 5) is 0. The zero-order chi connectivity index (χ0) is 3.41. The third kappa shape index (κ3) is 11.4. The summed E-state index contributed by atoms with van der Waals surface area (Å²) in [6, 6.07) is 0. The number of rotatable bonds is 1. The van der Waals surface area contributed by atoms with Crippen LogP contribution in [0.2, 0.25) is 0 Å². The maximum atomic E-state index is 3.80. The summed E-state index contributed by atoms with van der Waals surface area (Å²) < 4.78 is 0. The summed E-state index contributed by atoms with van der Waals surface area (Å²) in [6.45, 7) is 3.40. The van der Waals surface area contributed by atoms with Crippen LogP contribution in [-0.4, -0.2) is 29.7 Å². The van der Waals surface area contributed by atoms with Gasteiger partial charge in [0, 0.05) is 5.75 Å². The fraction of sp³-hybridized carbons (Fsp3) is 0.333. The second-order valence-electron chi connectivity index (χ2n) is 0.471. The Bertz CT molecular complexity index is 20.9. The third-order valence-corrected chi connectivity index (χ3v) is 0.387. The summed E-state index contributed by atoms with van der Waals surface area (Å²) in [7, 11) is 0. The molecule has 0 saturated heterocycles. The average Bonchev–Trinajstić information content (AvgIpc) is 1.37. The monoisotopic (exact) mass is 196 g/mol. The van der Waals surface area contributed by atoms with Crippen molar-refractivity contribution in [2.75, 3.05) is 5.75 Å². The molecule has 0 amide bonds. The molecule has 0 unspecified atom stereocenters. The average molecular weight is 195 g/mol. The standard InChI is InChI=1S/C3H6S.Sn.2H/c1-2-3-4;;;/h2,4H,1,3H2;;;. The third-order valence-electron chi connectivity index (χ3n) is 0.129. The van der Waals surface area contributed by atoms with Crippen LogP contribution in [0.4, 0.5) is 0 Å². The van der Waals surface area contributed by atoms with Crippen LogP contribution in [-0.2, 0) is 0 Å². The SMILES string of the molecule is C=CCS.[SnH2]. The van der Waals surface area contributed by atoms with Gasteiger partial charge in [0.2, 0.25) is 0 Å². The van der Waals surface area contributed by atoms with Crippen molar-refractivity contribution in [1.82, 2.24) is 0 Å². The van der Waals surface area contributed by atoms with Gasteiger partial charge in [-0.2, -0.15) is 12.6 Å². The molecule has 30 valence electrons. The van der Waals surface area contributed by atoms with E-state index in [9.17, 15) is 0 Å². The summed E-state index contributed by atoms with van der Waals surface area (Å²) in [5.74, 6) is 0.778. The fourth-order valence-electron chi connectivity index (χ4n) is 0. The summed E-state index contributed by atoms with van der Waals surface area (Å²) in [6.07, 6.45) is 1.74. The molecular weight excluding hydrogens is 187 g/mol. The Morgan fingerprint density at radius 3 is 2.00 bits per heavy atom. The molecule has 0 spiro atoms. The molecule has 0 aliphatic heterocycles. The first-order valence-electron chi connectivity index (χ1n) is 1.13. The minimum atomic E-state index is 0. The fourth-order valence-corrected chi connectivity index (χ4v) is 0. The molecule has 0 aromatic carbocycles. The molecule has 2 radical (unpaired) electrons. The molecule has 0 aromatic rings. The van der Waals surface area contributed by atoms with E-state index in [1.165, 1.54) is 0 Å². The molecule has 0 atom stereocenters. The predicted molar refractivity (Wildman–Crippen MR) is 32.6 cm³/mol. The van der Waals surface area contributed by atoms with Gasteiger partial charge in [-0.15, -0.1) is 6.58 Å². The molecule has 5 heavy (non-hydrogen) atoms. The first-order chi connectivity index (χ1) is 1.91. The normalized spacial score (nSPS) is 5.00. The van der Waals surface area contributed by atoms with Crippen molar-refractivity contribution in [1.29, 1.82) is 0 Å². The molecule has 0 bridgehead atoms. The molecule has 0 N–H and O–H groups in total. The van der Waals surface area contributed by atoms with Crippen molar-refractivity contribution in [2.45, 2.75) is 0 Å². The van der Waals surface area contributed by atoms with Gasteiger partial charge in [-0.3, -0.25) is 0 Å². The van der Waals surface area contributed by atoms with Gasteiger partial charge in [-0.1, -0.05) is 6.08 Å². The zero-order valence-corrected chi connectivity index (χ0v) is 8.08. The van der Waals surface area contributed by atoms with Gasteiger partial charge in [0.1, 0.15) is 0 Å². The van der Waals surface area contributed by atoms with E-state index in [0.717, 1.165) is 5.75 Å². The Labute approximate surface area is 55.0 Å². The zero-order valence-electron chi connectivity index (χ0n) is 3.15. The quantitative estimate of drug-likeness (QED) is 0.344. The van der Waals surface area contributed by atoms with Gasteiger partial charge in [-0.25, -0.2) is 0 Å². The van der Waals surface area contributed by atoms with Crippen molar-refractivity contribution in [3.63, 3.8) is 0 Å². The van der Waals surface area contributed by atoms with Gasteiger partial charge in [0.25, 0.3) is 0 Å². The molecule has 0 nitrogen and oxygen atoms in total. The summed E-state index contributed by atoms with van der Waals surface area (Å²) in [5, 5.41) is 0. The van der Waals surface area contributed by atoms with Crippen LogP contribution in [0.15, 0.2) is 12.7 Å². The second-order valence-corrected chi connectivity index (χ2v) is 0.836. The van der Waals surface area contributed by atoms with Crippen LogP contribution in [0.1, 0.15) is 0 Å². The van der Waals surface area contributed by atoms with Gasteiger partial charge in [0.15, 0.2) is 0 Å². The van der Waals surface area contributed by atoms with Gasteiger partial charge >= 0.3 is 23.9 Å². The first kappa shape index (κ1) is 9.31. The Kier molecular flexibility index (Phi) is 16.5. The van der Waals surface area contributed by atoms with Crippen LogP contribution in [0, 0.1) is 0 Å². The van der Waals surface area contributed by atoms with E-state index >= 15 is 0 Å². The van der Waals surface area contributed by atoms with Crippen molar-refractivity contribution >= 4 is 36.5 Å². The van der Waals surface area contributed by atoms with Crippen molar-refractivity contribution in [2.24, 2.45) is 0 Å².